The van der Waals surface area contributed by atoms with Crippen LogP contribution in [0.4, 0.5) is 14.5 Å². The molecular weight excluding hydrogens is 460 g/mol. The molecule has 0 aromatic heterocycles. The maximum atomic E-state index is 13.3. The zero-order valence-corrected chi connectivity index (χ0v) is 19.3. The Kier molecular flexibility index (Phi) is 7.23. The van der Waals surface area contributed by atoms with Gasteiger partial charge in [0.15, 0.2) is 0 Å². The fraction of sp³-hybridized carbons (Fsp3) is 0.240. The molecule has 1 aliphatic heterocycles. The Morgan fingerprint density at radius 3 is 2.26 bits per heavy atom. The number of sulfonamides is 1. The van der Waals surface area contributed by atoms with Crippen molar-refractivity contribution in [1.29, 1.82) is 0 Å². The topological polar surface area (TPSA) is 69.7 Å². The molecule has 0 bridgehead atoms. The van der Waals surface area contributed by atoms with Crippen molar-refractivity contribution in [3.63, 3.8) is 0 Å². The van der Waals surface area contributed by atoms with E-state index >= 15 is 0 Å². The quantitative estimate of drug-likeness (QED) is 0.557. The van der Waals surface area contributed by atoms with Crippen LogP contribution in [0.5, 0.6) is 0 Å². The smallest absolute Gasteiger partial charge is 0.251 e. The molecule has 3 aromatic carbocycles. The van der Waals surface area contributed by atoms with Crippen molar-refractivity contribution in [1.82, 2.24) is 9.62 Å². The van der Waals surface area contributed by atoms with Crippen LogP contribution in [0.2, 0.25) is 0 Å². The van der Waals surface area contributed by atoms with Crippen molar-refractivity contribution in [2.45, 2.75) is 11.3 Å². The number of carbonyl (C=O) groups excluding carboxylic acids is 1. The minimum Gasteiger partial charge on any atom is -0.369 e. The molecule has 0 spiro atoms. The molecule has 0 saturated carbocycles. The molecule has 0 radical (unpaired) electrons. The number of rotatable bonds is 7. The first-order valence-corrected chi connectivity index (χ1v) is 12.4. The molecule has 4 rings (SSSR count). The summed E-state index contributed by atoms with van der Waals surface area (Å²) in [5.41, 5.74) is 1.84. The van der Waals surface area contributed by atoms with Gasteiger partial charge in [0, 0.05) is 44.0 Å². The number of hydrogen-bond donors (Lipinski definition) is 1. The van der Waals surface area contributed by atoms with Gasteiger partial charge in [0.1, 0.15) is 11.6 Å². The standard InChI is InChI=1S/C25H25F2N3O3S/c26-21-7-9-23(10-8-21)29-13-15-30(16-14-29)34(32,33)24-6-2-4-20(18-24)25(31)28-12-11-19-3-1-5-22(27)17-19/h1-10,17-18H,11-16H2,(H,28,31). The third-order valence-electron chi connectivity index (χ3n) is 5.75. The van der Waals surface area contributed by atoms with E-state index in [0.717, 1.165) is 11.3 Å². The monoisotopic (exact) mass is 485 g/mol. The fourth-order valence-electron chi connectivity index (χ4n) is 3.90. The van der Waals surface area contributed by atoms with Crippen molar-refractivity contribution in [2.24, 2.45) is 0 Å². The van der Waals surface area contributed by atoms with Gasteiger partial charge in [-0.15, -0.1) is 0 Å². The molecular formula is C25H25F2N3O3S. The summed E-state index contributed by atoms with van der Waals surface area (Å²) >= 11 is 0. The third kappa shape index (κ3) is 5.60. The normalized spacial score (nSPS) is 14.7. The highest BCUT2D eigenvalue weighted by Crippen LogP contribution is 2.22. The average molecular weight is 486 g/mol. The number of halogens is 2. The summed E-state index contributed by atoms with van der Waals surface area (Å²) in [5, 5.41) is 2.75. The Balaban J connectivity index is 1.37. The summed E-state index contributed by atoms with van der Waals surface area (Å²) < 4.78 is 54.2. The molecule has 1 aliphatic rings. The number of piperazine rings is 1. The molecule has 1 amide bonds. The zero-order chi connectivity index (χ0) is 24.1. The van der Waals surface area contributed by atoms with Crippen LogP contribution in [-0.4, -0.2) is 51.4 Å². The van der Waals surface area contributed by atoms with Crippen LogP contribution in [0.15, 0.2) is 77.7 Å². The largest absolute Gasteiger partial charge is 0.369 e. The van der Waals surface area contributed by atoms with Crippen LogP contribution in [-0.2, 0) is 16.4 Å². The van der Waals surface area contributed by atoms with E-state index in [2.05, 4.69) is 5.32 Å². The lowest BCUT2D eigenvalue weighted by atomic mass is 10.1. The van der Waals surface area contributed by atoms with Gasteiger partial charge in [-0.1, -0.05) is 18.2 Å². The molecule has 3 aromatic rings. The summed E-state index contributed by atoms with van der Waals surface area (Å²) in [6.45, 7) is 1.81. The van der Waals surface area contributed by atoms with Gasteiger partial charge in [0.2, 0.25) is 10.0 Å². The number of hydrogen-bond acceptors (Lipinski definition) is 4. The van der Waals surface area contributed by atoms with Gasteiger partial charge < -0.3 is 10.2 Å². The predicted molar refractivity (Wildman–Crippen MR) is 126 cm³/mol. The van der Waals surface area contributed by atoms with Crippen molar-refractivity contribution >= 4 is 21.6 Å². The van der Waals surface area contributed by atoms with Crippen molar-refractivity contribution in [3.05, 3.63) is 95.6 Å². The number of amides is 1. The Bertz CT molecular complexity index is 1260. The van der Waals surface area contributed by atoms with Crippen LogP contribution in [0.3, 0.4) is 0 Å². The summed E-state index contributed by atoms with van der Waals surface area (Å²) in [7, 11) is -3.77. The van der Waals surface area contributed by atoms with Crippen LogP contribution < -0.4 is 10.2 Å². The van der Waals surface area contributed by atoms with Crippen molar-refractivity contribution in [2.75, 3.05) is 37.6 Å². The van der Waals surface area contributed by atoms with Gasteiger partial charge in [0.05, 0.1) is 4.90 Å². The minimum absolute atomic E-state index is 0.0560. The Hall–Kier alpha value is -3.30. The van der Waals surface area contributed by atoms with Crippen LogP contribution in [0.25, 0.3) is 0 Å². The number of nitrogens with zero attached hydrogens (tertiary/aromatic N) is 2. The molecule has 9 heteroatoms. The van der Waals surface area contributed by atoms with Gasteiger partial charge >= 0.3 is 0 Å². The lowest BCUT2D eigenvalue weighted by molar-refractivity contribution is 0.0954. The van der Waals surface area contributed by atoms with E-state index in [4.69, 9.17) is 0 Å². The van der Waals surface area contributed by atoms with Crippen molar-refractivity contribution in [3.8, 4) is 0 Å². The maximum absolute atomic E-state index is 13.3. The van der Waals surface area contributed by atoms with E-state index in [-0.39, 0.29) is 35.2 Å². The second kappa shape index (κ2) is 10.3. The van der Waals surface area contributed by atoms with Crippen LogP contribution in [0, 0.1) is 11.6 Å². The summed E-state index contributed by atoms with van der Waals surface area (Å²) in [6, 6.07) is 18.2. The number of benzene rings is 3. The Labute approximate surface area is 197 Å². The van der Waals surface area contributed by atoms with Gasteiger partial charge in [0.25, 0.3) is 5.91 Å². The summed E-state index contributed by atoms with van der Waals surface area (Å²) in [5.74, 6) is -1.04. The first-order chi connectivity index (χ1) is 16.3. The summed E-state index contributed by atoms with van der Waals surface area (Å²) in [6.07, 6.45) is 0.458. The molecule has 1 N–H and O–H groups in total. The summed E-state index contributed by atoms with van der Waals surface area (Å²) in [4.78, 5) is 14.6. The lowest BCUT2D eigenvalue weighted by Crippen LogP contribution is -2.48. The second-order valence-corrected chi connectivity index (χ2v) is 9.97. The molecule has 0 aliphatic carbocycles. The zero-order valence-electron chi connectivity index (χ0n) is 18.5. The van der Waals surface area contributed by atoms with Gasteiger partial charge in [-0.05, 0) is 66.6 Å². The highest BCUT2D eigenvalue weighted by molar-refractivity contribution is 7.89. The number of anilines is 1. The first kappa shape index (κ1) is 23.8. The van der Waals surface area contributed by atoms with Gasteiger partial charge in [-0.25, -0.2) is 17.2 Å². The Morgan fingerprint density at radius 1 is 0.853 bits per heavy atom. The fourth-order valence-corrected chi connectivity index (χ4v) is 5.37. The predicted octanol–water partition coefficient (Wildman–Crippen LogP) is 3.45. The molecule has 34 heavy (non-hydrogen) atoms. The minimum atomic E-state index is -3.77. The molecule has 0 unspecified atom stereocenters. The molecule has 6 nitrogen and oxygen atoms in total. The molecule has 1 saturated heterocycles. The van der Waals surface area contributed by atoms with E-state index < -0.39 is 15.9 Å². The highest BCUT2D eigenvalue weighted by Gasteiger charge is 2.29. The SMILES string of the molecule is O=C(NCCc1cccc(F)c1)c1cccc(S(=O)(=O)N2CCN(c3ccc(F)cc3)CC2)c1. The molecule has 178 valence electrons. The van der Waals surface area contributed by atoms with Gasteiger partial charge in [-0.3, -0.25) is 4.79 Å². The van der Waals surface area contributed by atoms with E-state index in [0.29, 0.717) is 26.1 Å². The average Bonchev–Trinajstić information content (AvgIpc) is 2.85. The lowest BCUT2D eigenvalue weighted by Gasteiger charge is -2.35. The molecule has 1 heterocycles. The van der Waals surface area contributed by atoms with Crippen LogP contribution >= 0.6 is 0 Å². The highest BCUT2D eigenvalue weighted by atomic mass is 32.2. The number of carbonyl (C=O) groups is 1. The Morgan fingerprint density at radius 2 is 1.56 bits per heavy atom. The first-order valence-electron chi connectivity index (χ1n) is 11.0. The van der Waals surface area contributed by atoms with E-state index in [1.807, 2.05) is 4.90 Å². The maximum Gasteiger partial charge on any atom is 0.251 e. The van der Waals surface area contributed by atoms with E-state index in [1.54, 1.807) is 36.4 Å². The van der Waals surface area contributed by atoms with E-state index in [1.165, 1.54) is 40.7 Å². The van der Waals surface area contributed by atoms with E-state index in [9.17, 15) is 22.0 Å². The molecule has 1 fully saturated rings. The third-order valence-corrected chi connectivity index (χ3v) is 7.65. The van der Waals surface area contributed by atoms with Gasteiger partial charge in [-0.2, -0.15) is 4.31 Å². The van der Waals surface area contributed by atoms with Crippen molar-refractivity contribution < 1.29 is 22.0 Å². The number of nitrogens with one attached hydrogen (secondary N) is 1. The second-order valence-electron chi connectivity index (χ2n) is 8.03. The van der Waals surface area contributed by atoms with Crippen LogP contribution in [0.1, 0.15) is 15.9 Å². The molecule has 0 atom stereocenters.